The predicted octanol–water partition coefficient (Wildman–Crippen LogP) is 1.83. The monoisotopic (exact) mass is 350 g/mol. The molecule has 25 heavy (non-hydrogen) atoms. The van der Waals surface area contributed by atoms with Crippen molar-refractivity contribution in [3.05, 3.63) is 29.8 Å². The highest BCUT2D eigenvalue weighted by Crippen LogP contribution is 2.14. The van der Waals surface area contributed by atoms with Gasteiger partial charge < -0.3 is 19.5 Å². The van der Waals surface area contributed by atoms with Crippen LogP contribution >= 0.6 is 0 Å². The summed E-state index contributed by atoms with van der Waals surface area (Å²) in [7, 11) is 3.61. The number of carbonyl (C=O) groups is 1. The third-order valence-corrected chi connectivity index (χ3v) is 4.15. The van der Waals surface area contributed by atoms with E-state index < -0.39 is 0 Å². The van der Waals surface area contributed by atoms with Crippen molar-refractivity contribution in [3.63, 3.8) is 0 Å². The standard InChI is InChI=1S/C19H30N2O4/c1-21(14-18-7-3-4-9-24-18)15-19(22)20-13-16-6-5-8-17(12-16)25-11-10-23-2/h5-6,8,12,18H,3-4,7,9-11,13-15H2,1-2H3,(H,20,22). The summed E-state index contributed by atoms with van der Waals surface area (Å²) in [5, 5.41) is 2.96. The molecule has 1 amide bonds. The van der Waals surface area contributed by atoms with Crippen molar-refractivity contribution in [3.8, 4) is 5.75 Å². The van der Waals surface area contributed by atoms with Gasteiger partial charge in [0.25, 0.3) is 0 Å². The van der Waals surface area contributed by atoms with Gasteiger partial charge in [-0.15, -0.1) is 0 Å². The quantitative estimate of drug-likeness (QED) is 0.653. The third kappa shape index (κ3) is 7.86. The molecule has 1 aromatic rings. The first-order chi connectivity index (χ1) is 12.2. The molecule has 0 radical (unpaired) electrons. The Labute approximate surface area is 150 Å². The number of hydrogen-bond donors (Lipinski definition) is 1. The molecule has 140 valence electrons. The molecule has 1 heterocycles. The molecule has 1 aliphatic rings. The maximum atomic E-state index is 12.1. The molecule has 1 saturated heterocycles. The lowest BCUT2D eigenvalue weighted by Crippen LogP contribution is -2.40. The lowest BCUT2D eigenvalue weighted by molar-refractivity contribution is -0.122. The highest BCUT2D eigenvalue weighted by atomic mass is 16.5. The Morgan fingerprint density at radius 2 is 2.24 bits per heavy atom. The van der Waals surface area contributed by atoms with Gasteiger partial charge in [0, 0.05) is 26.8 Å². The van der Waals surface area contributed by atoms with E-state index >= 15 is 0 Å². The fourth-order valence-electron chi connectivity index (χ4n) is 2.85. The molecule has 1 atom stereocenters. The number of nitrogens with one attached hydrogen (secondary N) is 1. The molecule has 0 aromatic heterocycles. The minimum atomic E-state index is 0.0176. The topological polar surface area (TPSA) is 60.0 Å². The molecule has 2 rings (SSSR count). The van der Waals surface area contributed by atoms with Crippen molar-refractivity contribution in [2.45, 2.75) is 31.9 Å². The number of methoxy groups -OCH3 is 1. The molecule has 1 aromatic carbocycles. The first-order valence-electron chi connectivity index (χ1n) is 8.95. The number of ether oxygens (including phenoxy) is 3. The zero-order valence-electron chi connectivity index (χ0n) is 15.3. The van der Waals surface area contributed by atoms with E-state index in [-0.39, 0.29) is 12.0 Å². The number of benzene rings is 1. The van der Waals surface area contributed by atoms with Crippen LogP contribution in [0, 0.1) is 0 Å². The average Bonchev–Trinajstić information content (AvgIpc) is 2.61. The molecule has 6 nitrogen and oxygen atoms in total. The number of likely N-dealkylation sites (N-methyl/N-ethyl adjacent to an activating group) is 1. The van der Waals surface area contributed by atoms with Crippen molar-refractivity contribution < 1.29 is 19.0 Å². The summed E-state index contributed by atoms with van der Waals surface area (Å²) in [5.74, 6) is 0.805. The smallest absolute Gasteiger partial charge is 0.234 e. The Morgan fingerprint density at radius 3 is 3.00 bits per heavy atom. The summed E-state index contributed by atoms with van der Waals surface area (Å²) in [4.78, 5) is 14.1. The molecule has 0 bridgehead atoms. The van der Waals surface area contributed by atoms with Crippen molar-refractivity contribution in [2.75, 3.05) is 47.1 Å². The first-order valence-corrected chi connectivity index (χ1v) is 8.95. The van der Waals surface area contributed by atoms with Gasteiger partial charge >= 0.3 is 0 Å². The van der Waals surface area contributed by atoms with Crippen LogP contribution < -0.4 is 10.1 Å². The van der Waals surface area contributed by atoms with Gasteiger partial charge in [-0.1, -0.05) is 12.1 Å². The highest BCUT2D eigenvalue weighted by molar-refractivity contribution is 5.77. The maximum Gasteiger partial charge on any atom is 0.234 e. The van der Waals surface area contributed by atoms with Gasteiger partial charge in [-0.25, -0.2) is 0 Å². The predicted molar refractivity (Wildman–Crippen MR) is 96.7 cm³/mol. The highest BCUT2D eigenvalue weighted by Gasteiger charge is 2.17. The number of carbonyl (C=O) groups excluding carboxylic acids is 1. The van der Waals surface area contributed by atoms with E-state index in [0.717, 1.165) is 37.3 Å². The molecular formula is C19H30N2O4. The number of rotatable bonds is 10. The Balaban J connectivity index is 1.69. The van der Waals surface area contributed by atoms with E-state index in [4.69, 9.17) is 14.2 Å². The normalized spacial score (nSPS) is 17.5. The van der Waals surface area contributed by atoms with Crippen LogP contribution in [0.25, 0.3) is 0 Å². The molecule has 0 saturated carbocycles. The van der Waals surface area contributed by atoms with E-state index in [1.165, 1.54) is 6.42 Å². The second-order valence-corrected chi connectivity index (χ2v) is 6.45. The lowest BCUT2D eigenvalue weighted by Gasteiger charge is -2.27. The van der Waals surface area contributed by atoms with Crippen LogP contribution in [0.2, 0.25) is 0 Å². The van der Waals surface area contributed by atoms with Crippen LogP contribution in [0.4, 0.5) is 0 Å². The van der Waals surface area contributed by atoms with Gasteiger partial charge in [-0.05, 0) is 44.0 Å². The summed E-state index contributed by atoms with van der Waals surface area (Å²) < 4.78 is 16.3. The van der Waals surface area contributed by atoms with Gasteiger partial charge in [-0.2, -0.15) is 0 Å². The molecule has 1 fully saturated rings. The average molecular weight is 350 g/mol. The lowest BCUT2D eigenvalue weighted by atomic mass is 10.1. The maximum absolute atomic E-state index is 12.1. The minimum Gasteiger partial charge on any atom is -0.491 e. The fourth-order valence-corrected chi connectivity index (χ4v) is 2.85. The molecule has 1 unspecified atom stereocenters. The van der Waals surface area contributed by atoms with E-state index in [0.29, 0.717) is 26.3 Å². The third-order valence-electron chi connectivity index (χ3n) is 4.15. The largest absolute Gasteiger partial charge is 0.491 e. The van der Waals surface area contributed by atoms with Gasteiger partial charge in [0.05, 0.1) is 19.3 Å². The molecule has 0 spiro atoms. The van der Waals surface area contributed by atoms with Crippen LogP contribution in [0.15, 0.2) is 24.3 Å². The van der Waals surface area contributed by atoms with Crippen LogP contribution in [-0.2, 0) is 20.8 Å². The van der Waals surface area contributed by atoms with Gasteiger partial charge in [0.2, 0.25) is 5.91 Å². The number of amides is 1. The van der Waals surface area contributed by atoms with Crippen LogP contribution in [0.5, 0.6) is 5.75 Å². The Hall–Kier alpha value is -1.63. The zero-order valence-corrected chi connectivity index (χ0v) is 15.3. The van der Waals surface area contributed by atoms with E-state index in [2.05, 4.69) is 5.32 Å². The van der Waals surface area contributed by atoms with E-state index in [9.17, 15) is 4.79 Å². The van der Waals surface area contributed by atoms with Crippen LogP contribution in [-0.4, -0.2) is 64.0 Å². The Morgan fingerprint density at radius 1 is 1.36 bits per heavy atom. The summed E-state index contributed by atoms with van der Waals surface area (Å²) in [6.07, 6.45) is 3.71. The molecule has 6 heteroatoms. The summed E-state index contributed by atoms with van der Waals surface area (Å²) in [5.41, 5.74) is 1.02. The van der Waals surface area contributed by atoms with Crippen LogP contribution in [0.3, 0.4) is 0 Å². The minimum absolute atomic E-state index is 0.0176. The molecule has 0 aliphatic carbocycles. The number of hydrogen-bond acceptors (Lipinski definition) is 5. The SMILES string of the molecule is COCCOc1cccc(CNC(=O)CN(C)CC2CCCCO2)c1. The molecule has 1 aliphatic heterocycles. The van der Waals surface area contributed by atoms with Gasteiger partial charge in [-0.3, -0.25) is 9.69 Å². The van der Waals surface area contributed by atoms with Crippen molar-refractivity contribution in [1.82, 2.24) is 10.2 Å². The van der Waals surface area contributed by atoms with E-state index in [1.807, 2.05) is 36.2 Å². The fraction of sp³-hybridized carbons (Fsp3) is 0.632. The van der Waals surface area contributed by atoms with Crippen molar-refractivity contribution in [1.29, 1.82) is 0 Å². The molecular weight excluding hydrogens is 320 g/mol. The summed E-state index contributed by atoms with van der Waals surface area (Å²) in [6, 6.07) is 7.74. The summed E-state index contributed by atoms with van der Waals surface area (Å²) >= 11 is 0. The Kier molecular flexibility index (Phi) is 8.72. The van der Waals surface area contributed by atoms with Gasteiger partial charge in [0.1, 0.15) is 12.4 Å². The van der Waals surface area contributed by atoms with Crippen LogP contribution in [0.1, 0.15) is 24.8 Å². The molecule has 1 N–H and O–H groups in total. The Bertz CT molecular complexity index is 518. The zero-order chi connectivity index (χ0) is 17.9. The van der Waals surface area contributed by atoms with Gasteiger partial charge in [0.15, 0.2) is 0 Å². The second-order valence-electron chi connectivity index (χ2n) is 6.45. The van der Waals surface area contributed by atoms with Crippen molar-refractivity contribution in [2.24, 2.45) is 0 Å². The first kappa shape index (κ1) is 19.7. The second kappa shape index (κ2) is 11.1. The number of nitrogens with zero attached hydrogens (tertiary/aromatic N) is 1. The summed E-state index contributed by atoms with van der Waals surface area (Å²) in [6.45, 7) is 3.58. The van der Waals surface area contributed by atoms with E-state index in [1.54, 1.807) is 7.11 Å². The van der Waals surface area contributed by atoms with Crippen molar-refractivity contribution >= 4 is 5.91 Å².